The molecule has 0 saturated heterocycles. The second kappa shape index (κ2) is 4.73. The van der Waals surface area contributed by atoms with Crippen LogP contribution in [0.25, 0.3) is 0 Å². The first-order valence-corrected chi connectivity index (χ1v) is 5.73. The van der Waals surface area contributed by atoms with Gasteiger partial charge in [-0.15, -0.1) is 0 Å². The van der Waals surface area contributed by atoms with Crippen molar-refractivity contribution >= 4 is 0 Å². The Labute approximate surface area is 101 Å². The highest BCUT2D eigenvalue weighted by molar-refractivity contribution is 5.63. The summed E-state index contributed by atoms with van der Waals surface area (Å²) in [6.45, 7) is 5.31. The first kappa shape index (κ1) is 11.9. The topological polar surface area (TPSA) is 36.9 Å². The molecule has 0 saturated carbocycles. The van der Waals surface area contributed by atoms with Crippen LogP contribution in [-0.2, 0) is 0 Å². The first-order valence-electron chi connectivity index (χ1n) is 5.73. The standard InChI is InChI=1S/C13H18O4/c1-8(2)9-7-10-12(17-6-5-16-10)13(15-4)11(9)14-3/h7-8H,5-6H2,1-4H3. The van der Waals surface area contributed by atoms with Crippen molar-refractivity contribution in [1.29, 1.82) is 0 Å². The van der Waals surface area contributed by atoms with E-state index in [2.05, 4.69) is 13.8 Å². The second-order valence-corrected chi connectivity index (χ2v) is 4.21. The Balaban J connectivity index is 2.62. The molecule has 0 N–H and O–H groups in total. The van der Waals surface area contributed by atoms with Crippen LogP contribution >= 0.6 is 0 Å². The Morgan fingerprint density at radius 1 is 1.06 bits per heavy atom. The third-order valence-corrected chi connectivity index (χ3v) is 2.80. The molecule has 0 spiro atoms. The maximum atomic E-state index is 5.60. The Bertz CT molecular complexity index is 412. The number of methoxy groups -OCH3 is 2. The molecule has 2 rings (SSSR count). The van der Waals surface area contributed by atoms with Crippen molar-refractivity contribution in [1.82, 2.24) is 0 Å². The smallest absolute Gasteiger partial charge is 0.207 e. The predicted molar refractivity (Wildman–Crippen MR) is 64.6 cm³/mol. The lowest BCUT2D eigenvalue weighted by Crippen LogP contribution is -2.17. The van der Waals surface area contributed by atoms with Crippen LogP contribution in [0.15, 0.2) is 6.07 Å². The molecule has 0 unspecified atom stereocenters. The molecule has 94 valence electrons. The van der Waals surface area contributed by atoms with E-state index in [-0.39, 0.29) is 0 Å². The summed E-state index contributed by atoms with van der Waals surface area (Å²) in [6, 6.07) is 1.97. The summed E-state index contributed by atoms with van der Waals surface area (Å²) in [4.78, 5) is 0. The van der Waals surface area contributed by atoms with E-state index in [1.165, 1.54) is 0 Å². The first-order chi connectivity index (χ1) is 8.19. The van der Waals surface area contributed by atoms with Gasteiger partial charge in [0.2, 0.25) is 11.5 Å². The van der Waals surface area contributed by atoms with Crippen LogP contribution < -0.4 is 18.9 Å². The molecular weight excluding hydrogens is 220 g/mol. The van der Waals surface area contributed by atoms with Crippen molar-refractivity contribution in [3.05, 3.63) is 11.6 Å². The van der Waals surface area contributed by atoms with Crippen molar-refractivity contribution < 1.29 is 18.9 Å². The number of hydrogen-bond acceptors (Lipinski definition) is 4. The monoisotopic (exact) mass is 238 g/mol. The van der Waals surface area contributed by atoms with E-state index in [1.807, 2.05) is 6.07 Å². The van der Waals surface area contributed by atoms with Crippen molar-refractivity contribution in [3.63, 3.8) is 0 Å². The lowest BCUT2D eigenvalue weighted by atomic mass is 10.0. The quantitative estimate of drug-likeness (QED) is 0.811. The Hall–Kier alpha value is -1.58. The van der Waals surface area contributed by atoms with Crippen LogP contribution in [0.1, 0.15) is 25.3 Å². The third-order valence-electron chi connectivity index (χ3n) is 2.80. The lowest BCUT2D eigenvalue weighted by molar-refractivity contribution is 0.163. The van der Waals surface area contributed by atoms with Crippen molar-refractivity contribution in [3.8, 4) is 23.0 Å². The minimum atomic E-state index is 0.328. The fraction of sp³-hybridized carbons (Fsp3) is 0.538. The van der Waals surface area contributed by atoms with Crippen LogP contribution in [0.4, 0.5) is 0 Å². The summed E-state index contributed by atoms with van der Waals surface area (Å²) < 4.78 is 22.0. The molecule has 0 atom stereocenters. The number of fused-ring (bicyclic) bond motifs is 1. The maximum Gasteiger partial charge on any atom is 0.207 e. The van der Waals surface area contributed by atoms with E-state index in [9.17, 15) is 0 Å². The molecule has 1 heterocycles. The fourth-order valence-electron chi connectivity index (χ4n) is 1.98. The second-order valence-electron chi connectivity index (χ2n) is 4.21. The average Bonchev–Trinajstić information content (AvgIpc) is 2.36. The largest absolute Gasteiger partial charge is 0.492 e. The van der Waals surface area contributed by atoms with Gasteiger partial charge in [-0.05, 0) is 12.0 Å². The van der Waals surface area contributed by atoms with Gasteiger partial charge in [0.15, 0.2) is 11.5 Å². The van der Waals surface area contributed by atoms with Crippen LogP contribution in [-0.4, -0.2) is 27.4 Å². The molecule has 0 amide bonds. The molecule has 17 heavy (non-hydrogen) atoms. The highest BCUT2D eigenvalue weighted by Gasteiger charge is 2.25. The molecular formula is C13H18O4. The average molecular weight is 238 g/mol. The van der Waals surface area contributed by atoms with Gasteiger partial charge in [0.05, 0.1) is 14.2 Å². The molecule has 1 aromatic rings. The van der Waals surface area contributed by atoms with Crippen molar-refractivity contribution in [2.45, 2.75) is 19.8 Å². The van der Waals surface area contributed by atoms with E-state index in [0.29, 0.717) is 30.6 Å². The minimum Gasteiger partial charge on any atom is -0.492 e. The van der Waals surface area contributed by atoms with Gasteiger partial charge in [-0.1, -0.05) is 13.8 Å². The van der Waals surface area contributed by atoms with Crippen LogP contribution in [0.3, 0.4) is 0 Å². The Morgan fingerprint density at radius 2 is 1.71 bits per heavy atom. The highest BCUT2D eigenvalue weighted by Crippen LogP contribution is 2.49. The molecule has 4 nitrogen and oxygen atoms in total. The van der Waals surface area contributed by atoms with Gasteiger partial charge in [-0.3, -0.25) is 0 Å². The number of ether oxygens (including phenoxy) is 4. The number of rotatable bonds is 3. The summed E-state index contributed by atoms with van der Waals surface area (Å²) in [5.74, 6) is 3.05. The molecule has 0 aromatic heterocycles. The van der Waals surface area contributed by atoms with Crippen molar-refractivity contribution in [2.24, 2.45) is 0 Å². The minimum absolute atomic E-state index is 0.328. The maximum absolute atomic E-state index is 5.60. The van der Waals surface area contributed by atoms with E-state index in [4.69, 9.17) is 18.9 Å². The summed E-state index contributed by atoms with van der Waals surface area (Å²) in [7, 11) is 3.25. The SMILES string of the molecule is COc1c(C(C)C)cc2c(c1OC)OCCO2. The lowest BCUT2D eigenvalue weighted by Gasteiger charge is -2.24. The highest BCUT2D eigenvalue weighted by atomic mass is 16.6. The molecule has 0 radical (unpaired) electrons. The Kier molecular flexibility index (Phi) is 3.31. The van der Waals surface area contributed by atoms with E-state index < -0.39 is 0 Å². The summed E-state index contributed by atoms with van der Waals surface area (Å²) in [6.07, 6.45) is 0. The van der Waals surface area contributed by atoms with Gasteiger partial charge in [-0.2, -0.15) is 0 Å². The fourth-order valence-corrected chi connectivity index (χ4v) is 1.98. The van der Waals surface area contributed by atoms with E-state index in [0.717, 1.165) is 17.1 Å². The molecule has 0 fully saturated rings. The van der Waals surface area contributed by atoms with Crippen LogP contribution in [0, 0.1) is 0 Å². The molecule has 4 heteroatoms. The number of benzene rings is 1. The summed E-state index contributed by atoms with van der Waals surface area (Å²) in [5, 5.41) is 0. The number of hydrogen-bond donors (Lipinski definition) is 0. The predicted octanol–water partition coefficient (Wildman–Crippen LogP) is 2.60. The normalized spacial score (nSPS) is 13.7. The molecule has 0 aliphatic carbocycles. The van der Waals surface area contributed by atoms with Crippen LogP contribution in [0.2, 0.25) is 0 Å². The zero-order valence-electron chi connectivity index (χ0n) is 10.7. The summed E-state index contributed by atoms with van der Waals surface area (Å²) in [5.41, 5.74) is 1.06. The zero-order chi connectivity index (χ0) is 12.4. The Morgan fingerprint density at radius 3 is 2.29 bits per heavy atom. The molecule has 1 aliphatic rings. The van der Waals surface area contributed by atoms with Gasteiger partial charge in [-0.25, -0.2) is 0 Å². The van der Waals surface area contributed by atoms with E-state index >= 15 is 0 Å². The summed E-state index contributed by atoms with van der Waals surface area (Å²) >= 11 is 0. The third kappa shape index (κ3) is 1.99. The van der Waals surface area contributed by atoms with Gasteiger partial charge in [0, 0.05) is 5.56 Å². The zero-order valence-corrected chi connectivity index (χ0v) is 10.7. The van der Waals surface area contributed by atoms with Gasteiger partial charge >= 0.3 is 0 Å². The van der Waals surface area contributed by atoms with Gasteiger partial charge in [0.1, 0.15) is 13.2 Å². The molecule has 1 aromatic carbocycles. The van der Waals surface area contributed by atoms with Crippen molar-refractivity contribution in [2.75, 3.05) is 27.4 Å². The van der Waals surface area contributed by atoms with Gasteiger partial charge < -0.3 is 18.9 Å². The van der Waals surface area contributed by atoms with Gasteiger partial charge in [0.25, 0.3) is 0 Å². The van der Waals surface area contributed by atoms with Crippen LogP contribution in [0.5, 0.6) is 23.0 Å². The molecule has 1 aliphatic heterocycles. The molecule has 0 bridgehead atoms. The van der Waals surface area contributed by atoms with E-state index in [1.54, 1.807) is 14.2 Å².